The smallest absolute Gasteiger partial charge is 0.310 e. The second kappa shape index (κ2) is 6.19. The number of halogens is 1. The summed E-state index contributed by atoms with van der Waals surface area (Å²) in [6.07, 6.45) is 0. The van der Waals surface area contributed by atoms with E-state index in [2.05, 4.69) is 5.32 Å². The SMILES string of the molecule is CC(C(=O)O)c1ccc(CNc2ccccc2F)cc1. The number of carboxylic acids is 1. The van der Waals surface area contributed by atoms with Crippen LogP contribution in [0.15, 0.2) is 48.5 Å². The van der Waals surface area contributed by atoms with Crippen molar-refractivity contribution in [2.75, 3.05) is 5.32 Å². The third-order valence-corrected chi connectivity index (χ3v) is 3.21. The second-order valence-corrected chi connectivity index (χ2v) is 4.63. The van der Waals surface area contributed by atoms with Gasteiger partial charge in [0.1, 0.15) is 5.82 Å². The lowest BCUT2D eigenvalue weighted by Crippen LogP contribution is -2.07. The van der Waals surface area contributed by atoms with Gasteiger partial charge >= 0.3 is 5.97 Å². The first kappa shape index (κ1) is 14.1. The third kappa shape index (κ3) is 3.35. The minimum Gasteiger partial charge on any atom is -0.481 e. The first-order chi connectivity index (χ1) is 9.58. The van der Waals surface area contributed by atoms with E-state index in [1.165, 1.54) is 6.07 Å². The molecule has 0 aliphatic rings. The first-order valence-electron chi connectivity index (χ1n) is 6.38. The summed E-state index contributed by atoms with van der Waals surface area (Å²) >= 11 is 0. The Kier molecular flexibility index (Phi) is 4.35. The minimum atomic E-state index is -0.845. The number of hydrogen-bond acceptors (Lipinski definition) is 2. The van der Waals surface area contributed by atoms with E-state index < -0.39 is 11.9 Å². The lowest BCUT2D eigenvalue weighted by atomic mass is 10.00. The predicted molar refractivity (Wildman–Crippen MR) is 76.2 cm³/mol. The van der Waals surface area contributed by atoms with E-state index >= 15 is 0 Å². The summed E-state index contributed by atoms with van der Waals surface area (Å²) in [4.78, 5) is 10.9. The van der Waals surface area contributed by atoms with Crippen LogP contribution in [0.3, 0.4) is 0 Å². The Morgan fingerprint density at radius 1 is 1.20 bits per heavy atom. The number of benzene rings is 2. The molecule has 2 rings (SSSR count). The molecule has 0 bridgehead atoms. The van der Waals surface area contributed by atoms with Crippen molar-refractivity contribution in [2.45, 2.75) is 19.4 Å². The van der Waals surface area contributed by atoms with Crippen molar-refractivity contribution in [1.82, 2.24) is 0 Å². The van der Waals surface area contributed by atoms with Crippen LogP contribution < -0.4 is 5.32 Å². The Morgan fingerprint density at radius 3 is 2.45 bits per heavy atom. The Balaban J connectivity index is 2.01. The molecule has 0 saturated heterocycles. The van der Waals surface area contributed by atoms with Gasteiger partial charge in [-0.1, -0.05) is 36.4 Å². The zero-order valence-electron chi connectivity index (χ0n) is 11.1. The van der Waals surface area contributed by atoms with Gasteiger partial charge in [0.15, 0.2) is 0 Å². The molecule has 0 aliphatic carbocycles. The number of rotatable bonds is 5. The van der Waals surface area contributed by atoms with Crippen molar-refractivity contribution in [3.63, 3.8) is 0 Å². The van der Waals surface area contributed by atoms with Gasteiger partial charge in [0, 0.05) is 6.54 Å². The number of carbonyl (C=O) groups is 1. The second-order valence-electron chi connectivity index (χ2n) is 4.63. The fourth-order valence-electron chi connectivity index (χ4n) is 1.87. The number of anilines is 1. The molecule has 2 aromatic carbocycles. The fraction of sp³-hybridized carbons (Fsp3) is 0.188. The molecular formula is C16H16FNO2. The molecule has 0 fully saturated rings. The number of nitrogens with one attached hydrogen (secondary N) is 1. The molecule has 0 radical (unpaired) electrons. The highest BCUT2D eigenvalue weighted by Crippen LogP contribution is 2.17. The van der Waals surface area contributed by atoms with Gasteiger partial charge in [0.2, 0.25) is 0 Å². The minimum absolute atomic E-state index is 0.288. The molecule has 0 aromatic heterocycles. The van der Waals surface area contributed by atoms with Crippen LogP contribution in [-0.2, 0) is 11.3 Å². The molecule has 2 aromatic rings. The van der Waals surface area contributed by atoms with Crippen molar-refractivity contribution >= 4 is 11.7 Å². The van der Waals surface area contributed by atoms with Crippen LogP contribution in [0.1, 0.15) is 24.0 Å². The molecule has 2 N–H and O–H groups in total. The molecular weight excluding hydrogens is 257 g/mol. The van der Waals surface area contributed by atoms with Crippen LogP contribution in [-0.4, -0.2) is 11.1 Å². The number of para-hydroxylation sites is 1. The van der Waals surface area contributed by atoms with Gasteiger partial charge < -0.3 is 10.4 Å². The molecule has 0 amide bonds. The maximum absolute atomic E-state index is 13.4. The summed E-state index contributed by atoms with van der Waals surface area (Å²) in [7, 11) is 0. The van der Waals surface area contributed by atoms with Gasteiger partial charge in [-0.25, -0.2) is 4.39 Å². The average Bonchev–Trinajstić information content (AvgIpc) is 2.46. The van der Waals surface area contributed by atoms with Gasteiger partial charge in [-0.3, -0.25) is 4.79 Å². The fourth-order valence-corrected chi connectivity index (χ4v) is 1.87. The number of aliphatic carboxylic acids is 1. The van der Waals surface area contributed by atoms with Crippen LogP contribution in [0, 0.1) is 5.82 Å². The van der Waals surface area contributed by atoms with Crippen molar-refractivity contribution in [3.05, 3.63) is 65.5 Å². The van der Waals surface area contributed by atoms with E-state index in [-0.39, 0.29) is 5.82 Å². The molecule has 1 atom stereocenters. The lowest BCUT2D eigenvalue weighted by molar-refractivity contribution is -0.138. The highest BCUT2D eigenvalue weighted by Gasteiger charge is 2.12. The van der Waals surface area contributed by atoms with Gasteiger partial charge in [0.05, 0.1) is 11.6 Å². The van der Waals surface area contributed by atoms with Crippen LogP contribution >= 0.6 is 0 Å². The van der Waals surface area contributed by atoms with Gasteiger partial charge in [-0.2, -0.15) is 0 Å². The van der Waals surface area contributed by atoms with E-state index in [9.17, 15) is 9.18 Å². The molecule has 3 nitrogen and oxygen atoms in total. The highest BCUT2D eigenvalue weighted by molar-refractivity contribution is 5.75. The van der Waals surface area contributed by atoms with Crippen molar-refractivity contribution < 1.29 is 14.3 Å². The van der Waals surface area contributed by atoms with E-state index in [1.807, 2.05) is 12.1 Å². The van der Waals surface area contributed by atoms with Crippen LogP contribution in [0.4, 0.5) is 10.1 Å². The number of hydrogen-bond donors (Lipinski definition) is 2. The Morgan fingerprint density at radius 2 is 1.85 bits per heavy atom. The zero-order chi connectivity index (χ0) is 14.5. The van der Waals surface area contributed by atoms with Crippen molar-refractivity contribution in [2.24, 2.45) is 0 Å². The van der Waals surface area contributed by atoms with Crippen molar-refractivity contribution in [1.29, 1.82) is 0 Å². The zero-order valence-corrected chi connectivity index (χ0v) is 11.1. The predicted octanol–water partition coefficient (Wildman–Crippen LogP) is 3.63. The number of carboxylic acid groups (broad SMARTS) is 1. The normalized spacial score (nSPS) is 11.9. The average molecular weight is 273 g/mol. The molecule has 0 saturated carbocycles. The third-order valence-electron chi connectivity index (χ3n) is 3.21. The lowest BCUT2D eigenvalue weighted by Gasteiger charge is -2.10. The monoisotopic (exact) mass is 273 g/mol. The van der Waals surface area contributed by atoms with Crippen LogP contribution in [0.2, 0.25) is 0 Å². The molecule has 104 valence electrons. The van der Waals surface area contributed by atoms with E-state index in [0.717, 1.165) is 11.1 Å². The Labute approximate surface area is 117 Å². The first-order valence-corrected chi connectivity index (χ1v) is 6.38. The molecule has 0 spiro atoms. The highest BCUT2D eigenvalue weighted by atomic mass is 19.1. The Bertz CT molecular complexity index is 596. The summed E-state index contributed by atoms with van der Waals surface area (Å²) < 4.78 is 13.4. The standard InChI is InChI=1S/C16H16FNO2/c1-11(16(19)20)13-8-6-12(7-9-13)10-18-15-5-3-2-4-14(15)17/h2-9,11,18H,10H2,1H3,(H,19,20). The Hall–Kier alpha value is -2.36. The molecule has 0 heterocycles. The van der Waals surface area contributed by atoms with E-state index in [4.69, 9.17) is 5.11 Å². The molecule has 0 aliphatic heterocycles. The van der Waals surface area contributed by atoms with Crippen molar-refractivity contribution in [3.8, 4) is 0 Å². The quantitative estimate of drug-likeness (QED) is 0.874. The van der Waals surface area contributed by atoms with Gasteiger partial charge in [-0.05, 0) is 30.2 Å². The maximum Gasteiger partial charge on any atom is 0.310 e. The topological polar surface area (TPSA) is 49.3 Å². The maximum atomic E-state index is 13.4. The van der Waals surface area contributed by atoms with Crippen LogP contribution in [0.5, 0.6) is 0 Å². The summed E-state index contributed by atoms with van der Waals surface area (Å²) in [5.41, 5.74) is 2.18. The molecule has 20 heavy (non-hydrogen) atoms. The summed E-state index contributed by atoms with van der Waals surface area (Å²) in [6, 6.07) is 13.8. The summed E-state index contributed by atoms with van der Waals surface area (Å²) in [5, 5.41) is 11.9. The van der Waals surface area contributed by atoms with Gasteiger partial charge in [-0.15, -0.1) is 0 Å². The summed E-state index contributed by atoms with van der Waals surface area (Å²) in [6.45, 7) is 2.14. The molecule has 4 heteroatoms. The van der Waals surface area contributed by atoms with Crippen LogP contribution in [0.25, 0.3) is 0 Å². The van der Waals surface area contributed by atoms with E-state index in [0.29, 0.717) is 12.2 Å². The summed E-state index contributed by atoms with van der Waals surface area (Å²) in [5.74, 6) is -1.66. The largest absolute Gasteiger partial charge is 0.481 e. The van der Waals surface area contributed by atoms with E-state index in [1.54, 1.807) is 37.3 Å². The van der Waals surface area contributed by atoms with Gasteiger partial charge in [0.25, 0.3) is 0 Å². The molecule has 1 unspecified atom stereocenters.